The Morgan fingerprint density at radius 3 is 2.66 bits per heavy atom. The van der Waals surface area contributed by atoms with E-state index in [1.165, 1.54) is 5.56 Å². The first-order chi connectivity index (χ1) is 13.9. The van der Waals surface area contributed by atoms with Crippen LogP contribution in [0.15, 0.2) is 47.0 Å². The van der Waals surface area contributed by atoms with Gasteiger partial charge in [0.15, 0.2) is 5.76 Å². The van der Waals surface area contributed by atoms with Gasteiger partial charge >= 0.3 is 0 Å². The zero-order valence-corrected chi connectivity index (χ0v) is 17.7. The minimum Gasteiger partial charge on any atom is -0.486 e. The van der Waals surface area contributed by atoms with E-state index in [4.69, 9.17) is 20.8 Å². The molecule has 154 valence electrons. The van der Waals surface area contributed by atoms with Crippen LogP contribution in [-0.2, 0) is 13.2 Å². The molecule has 6 nitrogen and oxygen atoms in total. The van der Waals surface area contributed by atoms with Crippen LogP contribution in [-0.4, -0.2) is 22.2 Å². The fourth-order valence-electron chi connectivity index (χ4n) is 2.82. The van der Waals surface area contributed by atoms with Crippen LogP contribution in [0, 0.1) is 6.92 Å². The van der Waals surface area contributed by atoms with E-state index in [9.17, 15) is 4.79 Å². The van der Waals surface area contributed by atoms with E-state index in [-0.39, 0.29) is 18.3 Å². The maximum Gasteiger partial charge on any atom is 0.286 e. The van der Waals surface area contributed by atoms with Crippen molar-refractivity contribution in [3.05, 3.63) is 70.4 Å². The molecule has 1 aromatic carbocycles. The summed E-state index contributed by atoms with van der Waals surface area (Å²) in [6, 6.07) is 11.4. The van der Waals surface area contributed by atoms with Crippen molar-refractivity contribution in [3.8, 4) is 5.75 Å². The summed E-state index contributed by atoms with van der Waals surface area (Å²) in [5, 5.41) is 7.78. The van der Waals surface area contributed by atoms with Crippen LogP contribution in [0.2, 0.25) is 5.02 Å². The third-order valence-electron chi connectivity index (χ3n) is 4.55. The van der Waals surface area contributed by atoms with Crippen LogP contribution in [0.4, 0.5) is 0 Å². The summed E-state index contributed by atoms with van der Waals surface area (Å²) in [5.41, 5.74) is 2.07. The quantitative estimate of drug-likeness (QED) is 0.501. The molecule has 29 heavy (non-hydrogen) atoms. The van der Waals surface area contributed by atoms with Gasteiger partial charge in [-0.2, -0.15) is 5.10 Å². The fourth-order valence-corrected chi connectivity index (χ4v) is 2.97. The number of halogens is 1. The van der Waals surface area contributed by atoms with Gasteiger partial charge in [0, 0.05) is 19.3 Å². The number of nitrogens with zero attached hydrogens (tertiary/aromatic N) is 2. The molecule has 0 aliphatic rings. The van der Waals surface area contributed by atoms with Crippen LogP contribution >= 0.6 is 11.6 Å². The zero-order valence-electron chi connectivity index (χ0n) is 16.9. The Labute approximate surface area is 175 Å². The summed E-state index contributed by atoms with van der Waals surface area (Å²) >= 11 is 5.98. The highest BCUT2D eigenvalue weighted by molar-refractivity contribution is 6.31. The number of aryl methyl sites for hydroxylation is 2. The first-order valence-corrected chi connectivity index (χ1v) is 10.1. The van der Waals surface area contributed by atoms with E-state index in [1.807, 2.05) is 19.1 Å². The second-order valence-electron chi connectivity index (χ2n) is 7.21. The minimum absolute atomic E-state index is 0.243. The lowest BCUT2D eigenvalue weighted by Gasteiger charge is -2.08. The molecular weight excluding hydrogens is 390 g/mol. The molecule has 0 saturated carbocycles. The third kappa shape index (κ3) is 5.87. The van der Waals surface area contributed by atoms with Crippen LogP contribution in [0.25, 0.3) is 0 Å². The lowest BCUT2D eigenvalue weighted by molar-refractivity contribution is 0.0921. The van der Waals surface area contributed by atoms with Crippen molar-refractivity contribution < 1.29 is 13.9 Å². The smallest absolute Gasteiger partial charge is 0.286 e. The van der Waals surface area contributed by atoms with E-state index < -0.39 is 0 Å². The van der Waals surface area contributed by atoms with Crippen molar-refractivity contribution >= 4 is 17.5 Å². The van der Waals surface area contributed by atoms with E-state index in [2.05, 4.69) is 36.4 Å². The number of carbonyl (C=O) groups excluding carboxylic acids is 1. The number of carbonyl (C=O) groups is 1. The van der Waals surface area contributed by atoms with Gasteiger partial charge in [-0.05, 0) is 49.1 Å². The highest BCUT2D eigenvalue weighted by atomic mass is 35.5. The number of nitrogens with one attached hydrogen (secondary N) is 1. The number of aromatic nitrogens is 2. The number of benzene rings is 1. The summed E-state index contributed by atoms with van der Waals surface area (Å²) in [6.07, 6.45) is 2.53. The summed E-state index contributed by atoms with van der Waals surface area (Å²) in [6.45, 7) is 7.64. The Morgan fingerprint density at radius 2 is 2.00 bits per heavy atom. The summed E-state index contributed by atoms with van der Waals surface area (Å²) in [7, 11) is 0. The summed E-state index contributed by atoms with van der Waals surface area (Å²) in [5.74, 6) is 1.89. The molecule has 0 fully saturated rings. The standard InChI is InChI=1S/C22H26ClN3O3/c1-15(2)17-5-7-18(8-6-17)28-14-19-9-10-21(29-19)22(27)24-11-4-12-26-13-20(23)16(3)25-26/h5-10,13,15H,4,11-12,14H2,1-3H3,(H,24,27). The predicted molar refractivity (Wildman–Crippen MR) is 112 cm³/mol. The topological polar surface area (TPSA) is 69.3 Å². The van der Waals surface area contributed by atoms with Gasteiger partial charge in [-0.15, -0.1) is 0 Å². The van der Waals surface area contributed by atoms with Gasteiger partial charge in [0.1, 0.15) is 18.1 Å². The molecule has 1 N–H and O–H groups in total. The number of furan rings is 1. The van der Waals surface area contributed by atoms with E-state index >= 15 is 0 Å². The average molecular weight is 416 g/mol. The van der Waals surface area contributed by atoms with Gasteiger partial charge < -0.3 is 14.5 Å². The van der Waals surface area contributed by atoms with Crippen molar-refractivity contribution in [1.29, 1.82) is 0 Å². The highest BCUT2D eigenvalue weighted by Crippen LogP contribution is 2.20. The molecule has 2 aromatic heterocycles. The van der Waals surface area contributed by atoms with Crippen LogP contribution in [0.1, 0.15) is 53.8 Å². The summed E-state index contributed by atoms with van der Waals surface area (Å²) in [4.78, 5) is 12.2. The molecule has 0 saturated heterocycles. The molecule has 1 amide bonds. The molecule has 0 aliphatic heterocycles. The number of hydrogen-bond acceptors (Lipinski definition) is 4. The molecule has 7 heteroatoms. The minimum atomic E-state index is -0.243. The Kier molecular flexibility index (Phi) is 6.99. The van der Waals surface area contributed by atoms with Crippen LogP contribution < -0.4 is 10.1 Å². The number of hydrogen-bond donors (Lipinski definition) is 1. The normalized spacial score (nSPS) is 11.1. The predicted octanol–water partition coefficient (Wildman–Crippen LogP) is 4.96. The molecule has 0 spiro atoms. The van der Waals surface area contributed by atoms with Crippen molar-refractivity contribution in [2.45, 2.75) is 46.3 Å². The molecule has 0 bridgehead atoms. The van der Waals surface area contributed by atoms with E-state index in [0.29, 0.717) is 29.8 Å². The van der Waals surface area contributed by atoms with Gasteiger partial charge in [-0.3, -0.25) is 9.48 Å². The Balaban J connectivity index is 1.42. The molecule has 0 atom stereocenters. The van der Waals surface area contributed by atoms with Gasteiger partial charge in [0.2, 0.25) is 0 Å². The molecule has 3 aromatic rings. The maximum absolute atomic E-state index is 12.2. The van der Waals surface area contributed by atoms with Crippen molar-refractivity contribution in [2.24, 2.45) is 0 Å². The lowest BCUT2D eigenvalue weighted by Crippen LogP contribution is -2.24. The Hall–Kier alpha value is -2.73. The van der Waals surface area contributed by atoms with Crippen molar-refractivity contribution in [1.82, 2.24) is 15.1 Å². The second kappa shape index (κ2) is 9.65. The Bertz CT molecular complexity index is 925. The molecule has 3 rings (SSSR count). The molecule has 0 radical (unpaired) electrons. The first kappa shape index (κ1) is 21.0. The molecular formula is C22H26ClN3O3. The first-order valence-electron chi connectivity index (χ1n) is 9.71. The highest BCUT2D eigenvalue weighted by Gasteiger charge is 2.11. The van der Waals surface area contributed by atoms with Crippen LogP contribution in [0.3, 0.4) is 0 Å². The van der Waals surface area contributed by atoms with Crippen molar-refractivity contribution in [2.75, 3.05) is 6.54 Å². The fraction of sp³-hybridized carbons (Fsp3) is 0.364. The Morgan fingerprint density at radius 1 is 1.24 bits per heavy atom. The van der Waals surface area contributed by atoms with E-state index in [1.54, 1.807) is 23.0 Å². The van der Waals surface area contributed by atoms with Gasteiger partial charge in [0.25, 0.3) is 5.91 Å². The van der Waals surface area contributed by atoms with E-state index in [0.717, 1.165) is 17.9 Å². The zero-order chi connectivity index (χ0) is 20.8. The number of amides is 1. The summed E-state index contributed by atoms with van der Waals surface area (Å²) < 4.78 is 13.1. The third-order valence-corrected chi connectivity index (χ3v) is 4.92. The largest absolute Gasteiger partial charge is 0.486 e. The SMILES string of the molecule is Cc1nn(CCCNC(=O)c2ccc(COc3ccc(C(C)C)cc3)o2)cc1Cl. The van der Waals surface area contributed by atoms with Gasteiger partial charge in [-0.1, -0.05) is 37.6 Å². The maximum atomic E-state index is 12.2. The molecule has 0 unspecified atom stereocenters. The molecule has 2 heterocycles. The van der Waals surface area contributed by atoms with Crippen molar-refractivity contribution in [3.63, 3.8) is 0 Å². The number of ether oxygens (including phenoxy) is 1. The second-order valence-corrected chi connectivity index (χ2v) is 7.62. The van der Waals surface area contributed by atoms with Gasteiger partial charge in [0.05, 0.1) is 10.7 Å². The average Bonchev–Trinajstić information content (AvgIpc) is 3.30. The monoisotopic (exact) mass is 415 g/mol. The number of rotatable bonds is 9. The van der Waals surface area contributed by atoms with Gasteiger partial charge in [-0.25, -0.2) is 0 Å². The lowest BCUT2D eigenvalue weighted by atomic mass is 10.0. The molecule has 0 aliphatic carbocycles. The van der Waals surface area contributed by atoms with Crippen LogP contribution in [0.5, 0.6) is 5.75 Å².